The molecule has 0 aliphatic heterocycles. The predicted octanol–water partition coefficient (Wildman–Crippen LogP) is 1.58. The first kappa shape index (κ1) is 14.7. The topological polar surface area (TPSA) is 72.2 Å². The Bertz CT molecular complexity index is 716. The van der Waals surface area contributed by atoms with Crippen LogP contribution in [-0.4, -0.2) is 29.3 Å². The molecule has 0 fully saturated rings. The highest BCUT2D eigenvalue weighted by Crippen LogP contribution is 2.20. The molecule has 2 rings (SSSR count). The van der Waals surface area contributed by atoms with Crippen molar-refractivity contribution in [1.82, 2.24) is 9.19 Å². The lowest BCUT2D eigenvalue weighted by atomic mass is 10.1. The van der Waals surface area contributed by atoms with Crippen LogP contribution in [-0.2, 0) is 16.4 Å². The van der Waals surface area contributed by atoms with E-state index in [0.29, 0.717) is 17.8 Å². The van der Waals surface area contributed by atoms with Gasteiger partial charge in [-0.25, -0.2) is 0 Å². The third-order valence-corrected chi connectivity index (χ3v) is 4.99. The van der Waals surface area contributed by atoms with Gasteiger partial charge in [0.1, 0.15) is 0 Å². The second-order valence-corrected chi connectivity index (χ2v) is 6.55. The lowest BCUT2D eigenvalue weighted by molar-refractivity contribution is 0.299. The normalized spacial score (nSPS) is 11.8. The molecule has 0 atom stereocenters. The fourth-order valence-electron chi connectivity index (χ4n) is 2.17. The zero-order chi connectivity index (χ0) is 14.9. The summed E-state index contributed by atoms with van der Waals surface area (Å²) in [5.41, 5.74) is 2.96. The Labute approximate surface area is 118 Å². The first-order chi connectivity index (χ1) is 9.37. The zero-order valence-corrected chi connectivity index (χ0v) is 12.6. The standard InChI is InChI=1S/C14H18N2O3S/c1-10-4-6-13(7-5-10)20(18,19)16-12(3)14(8-9-17)11(2)15-16/h4-7,17H,8-9H2,1-3H3. The van der Waals surface area contributed by atoms with Gasteiger partial charge in [0.05, 0.1) is 16.3 Å². The number of rotatable bonds is 4. The smallest absolute Gasteiger partial charge is 0.283 e. The Hall–Kier alpha value is -1.66. The molecule has 6 heteroatoms. The van der Waals surface area contributed by atoms with E-state index in [1.165, 1.54) is 0 Å². The minimum absolute atomic E-state index is 0.0298. The van der Waals surface area contributed by atoms with E-state index >= 15 is 0 Å². The van der Waals surface area contributed by atoms with Gasteiger partial charge in [-0.2, -0.15) is 17.6 Å². The lowest BCUT2D eigenvalue weighted by Crippen LogP contribution is -2.16. The number of hydrogen-bond acceptors (Lipinski definition) is 4. The van der Waals surface area contributed by atoms with Crippen LogP contribution in [0.15, 0.2) is 29.2 Å². The van der Waals surface area contributed by atoms with Gasteiger partial charge in [0, 0.05) is 6.61 Å². The molecule has 1 aromatic carbocycles. The van der Waals surface area contributed by atoms with Gasteiger partial charge in [-0.05, 0) is 44.9 Å². The number of hydrogen-bond donors (Lipinski definition) is 1. The van der Waals surface area contributed by atoms with Gasteiger partial charge in [0.25, 0.3) is 10.0 Å². The highest BCUT2D eigenvalue weighted by Gasteiger charge is 2.23. The van der Waals surface area contributed by atoms with Crippen LogP contribution >= 0.6 is 0 Å². The predicted molar refractivity (Wildman–Crippen MR) is 76.3 cm³/mol. The van der Waals surface area contributed by atoms with Crippen LogP contribution < -0.4 is 0 Å². The van der Waals surface area contributed by atoms with E-state index in [-0.39, 0.29) is 11.5 Å². The summed E-state index contributed by atoms with van der Waals surface area (Å²) in [4.78, 5) is 0.212. The number of aliphatic hydroxyl groups excluding tert-OH is 1. The number of nitrogens with zero attached hydrogens (tertiary/aromatic N) is 2. The zero-order valence-electron chi connectivity index (χ0n) is 11.8. The van der Waals surface area contributed by atoms with Gasteiger partial charge in [-0.15, -0.1) is 0 Å². The Morgan fingerprint density at radius 3 is 2.30 bits per heavy atom. The molecule has 0 bridgehead atoms. The van der Waals surface area contributed by atoms with Gasteiger partial charge in [0.15, 0.2) is 0 Å². The highest BCUT2D eigenvalue weighted by atomic mass is 32.2. The van der Waals surface area contributed by atoms with E-state index in [2.05, 4.69) is 5.10 Å². The third-order valence-electron chi connectivity index (χ3n) is 3.31. The molecule has 0 spiro atoms. The van der Waals surface area contributed by atoms with Crippen LogP contribution in [0.4, 0.5) is 0 Å². The Morgan fingerprint density at radius 1 is 1.15 bits per heavy atom. The van der Waals surface area contributed by atoms with Gasteiger partial charge in [-0.3, -0.25) is 0 Å². The van der Waals surface area contributed by atoms with Gasteiger partial charge < -0.3 is 5.11 Å². The van der Waals surface area contributed by atoms with Crippen LogP contribution in [0.25, 0.3) is 0 Å². The average molecular weight is 294 g/mol. The van der Waals surface area contributed by atoms with Crippen LogP contribution in [0, 0.1) is 20.8 Å². The van der Waals surface area contributed by atoms with Crippen molar-refractivity contribution in [3.8, 4) is 0 Å². The number of aryl methyl sites for hydroxylation is 2. The summed E-state index contributed by atoms with van der Waals surface area (Å²) in [5, 5.41) is 13.2. The van der Waals surface area contributed by atoms with Gasteiger partial charge in [-0.1, -0.05) is 17.7 Å². The number of benzene rings is 1. The molecular weight excluding hydrogens is 276 g/mol. The maximum atomic E-state index is 12.6. The number of aliphatic hydroxyl groups is 1. The van der Waals surface area contributed by atoms with Crippen LogP contribution in [0.5, 0.6) is 0 Å². The van der Waals surface area contributed by atoms with E-state index in [1.54, 1.807) is 38.1 Å². The monoisotopic (exact) mass is 294 g/mol. The van der Waals surface area contributed by atoms with Crippen molar-refractivity contribution < 1.29 is 13.5 Å². The minimum atomic E-state index is -3.68. The summed E-state index contributed by atoms with van der Waals surface area (Å²) >= 11 is 0. The summed E-state index contributed by atoms with van der Waals surface area (Å²) in [5.74, 6) is 0. The molecule has 1 aromatic heterocycles. The molecule has 0 amide bonds. The average Bonchev–Trinajstić information content (AvgIpc) is 2.68. The first-order valence-corrected chi connectivity index (χ1v) is 7.80. The fraction of sp³-hybridized carbons (Fsp3) is 0.357. The molecule has 5 nitrogen and oxygen atoms in total. The van der Waals surface area contributed by atoms with Crippen LogP contribution in [0.3, 0.4) is 0 Å². The molecule has 0 saturated heterocycles. The minimum Gasteiger partial charge on any atom is -0.396 e. The van der Waals surface area contributed by atoms with E-state index in [4.69, 9.17) is 5.11 Å². The summed E-state index contributed by atoms with van der Waals surface area (Å²) in [6.45, 7) is 5.33. The molecule has 2 aromatic rings. The maximum Gasteiger partial charge on any atom is 0.283 e. The molecule has 20 heavy (non-hydrogen) atoms. The summed E-state index contributed by atoms with van der Waals surface area (Å²) in [6.07, 6.45) is 0.404. The van der Waals surface area contributed by atoms with Gasteiger partial charge >= 0.3 is 0 Å². The number of aromatic nitrogens is 2. The van der Waals surface area contributed by atoms with Crippen LogP contribution in [0.1, 0.15) is 22.5 Å². The largest absolute Gasteiger partial charge is 0.396 e. The lowest BCUT2D eigenvalue weighted by Gasteiger charge is -2.07. The molecule has 0 saturated carbocycles. The highest BCUT2D eigenvalue weighted by molar-refractivity contribution is 7.89. The summed E-state index contributed by atoms with van der Waals surface area (Å²) in [6, 6.07) is 6.67. The second kappa shape index (κ2) is 5.38. The van der Waals surface area contributed by atoms with E-state index in [0.717, 1.165) is 15.2 Å². The van der Waals surface area contributed by atoms with Crippen molar-refractivity contribution in [2.24, 2.45) is 0 Å². The molecule has 1 N–H and O–H groups in total. The van der Waals surface area contributed by atoms with Crippen molar-refractivity contribution >= 4 is 10.0 Å². The fourth-order valence-corrected chi connectivity index (χ4v) is 3.55. The molecular formula is C14H18N2O3S. The van der Waals surface area contributed by atoms with Crippen LogP contribution in [0.2, 0.25) is 0 Å². The maximum absolute atomic E-state index is 12.6. The molecule has 0 radical (unpaired) electrons. The van der Waals surface area contributed by atoms with Crippen molar-refractivity contribution in [2.75, 3.05) is 6.61 Å². The Morgan fingerprint density at radius 2 is 1.75 bits per heavy atom. The molecule has 0 aliphatic carbocycles. The molecule has 0 aliphatic rings. The second-order valence-electron chi connectivity index (χ2n) is 4.78. The van der Waals surface area contributed by atoms with Crippen molar-refractivity contribution in [3.05, 3.63) is 46.8 Å². The molecule has 0 unspecified atom stereocenters. The van der Waals surface area contributed by atoms with E-state index < -0.39 is 10.0 Å². The molecule has 108 valence electrons. The Kier molecular flexibility index (Phi) is 3.96. The van der Waals surface area contributed by atoms with Crippen molar-refractivity contribution in [2.45, 2.75) is 32.1 Å². The summed E-state index contributed by atoms with van der Waals surface area (Å²) < 4.78 is 26.2. The van der Waals surface area contributed by atoms with E-state index in [9.17, 15) is 8.42 Å². The summed E-state index contributed by atoms with van der Waals surface area (Å²) in [7, 11) is -3.68. The van der Waals surface area contributed by atoms with Crippen molar-refractivity contribution in [3.63, 3.8) is 0 Å². The first-order valence-electron chi connectivity index (χ1n) is 6.36. The Balaban J connectivity index is 2.55. The van der Waals surface area contributed by atoms with E-state index in [1.807, 2.05) is 6.92 Å². The SMILES string of the molecule is Cc1ccc(S(=O)(=O)n2nc(C)c(CCO)c2C)cc1. The molecule has 1 heterocycles. The third kappa shape index (κ3) is 2.48. The van der Waals surface area contributed by atoms with Crippen molar-refractivity contribution in [1.29, 1.82) is 0 Å². The quantitative estimate of drug-likeness (QED) is 0.929. The van der Waals surface area contributed by atoms with Gasteiger partial charge in [0.2, 0.25) is 0 Å².